The van der Waals surface area contributed by atoms with Crippen LogP contribution in [-0.2, 0) is 6.54 Å². The lowest BCUT2D eigenvalue weighted by Crippen LogP contribution is -2.21. The van der Waals surface area contributed by atoms with Gasteiger partial charge in [0.05, 0.1) is 15.4 Å². The molecule has 4 nitrogen and oxygen atoms in total. The number of hydrogen-bond acceptors (Lipinski definition) is 4. The number of nitrogens with one attached hydrogen (secondary N) is 1. The highest BCUT2D eigenvalue weighted by Crippen LogP contribution is 2.26. The number of hydrogen-bond donors (Lipinski definition) is 1. The third kappa shape index (κ3) is 3.78. The van der Waals surface area contributed by atoms with Gasteiger partial charge in [-0.25, -0.2) is 14.4 Å². The molecular weight excluding hydrogens is 313 g/mol. The first-order valence-electron chi connectivity index (χ1n) is 7.04. The monoisotopic (exact) mass is 327 g/mol. The molecule has 0 aliphatic heterocycles. The van der Waals surface area contributed by atoms with Gasteiger partial charge in [-0.05, 0) is 42.8 Å². The molecule has 1 aromatic carbocycles. The Balaban J connectivity index is 1.69. The van der Waals surface area contributed by atoms with Gasteiger partial charge >= 0.3 is 0 Å². The fraction of sp³-hybridized carbons (Fsp3) is 0.118. The van der Waals surface area contributed by atoms with Crippen LogP contribution in [0.1, 0.15) is 21.1 Å². The molecule has 0 saturated carbocycles. The van der Waals surface area contributed by atoms with Gasteiger partial charge in [0.25, 0.3) is 5.91 Å². The number of thiophene rings is 1. The Kier molecular flexibility index (Phi) is 4.43. The highest BCUT2D eigenvalue weighted by atomic mass is 32.1. The summed E-state index contributed by atoms with van der Waals surface area (Å²) in [6.45, 7) is 2.11. The number of carbonyl (C=O) groups excluding carboxylic acids is 1. The zero-order chi connectivity index (χ0) is 16.2. The topological polar surface area (TPSA) is 54.9 Å². The molecule has 3 aromatic rings. The van der Waals surface area contributed by atoms with Gasteiger partial charge in [0.15, 0.2) is 0 Å². The SMILES string of the molecule is Cc1nccc(-c2ccc(C(=O)NCc3cccc(F)c3)s2)n1. The number of amides is 1. The van der Waals surface area contributed by atoms with E-state index in [9.17, 15) is 9.18 Å². The molecule has 2 heterocycles. The van der Waals surface area contributed by atoms with Crippen molar-refractivity contribution in [2.45, 2.75) is 13.5 Å². The van der Waals surface area contributed by atoms with E-state index >= 15 is 0 Å². The second kappa shape index (κ2) is 6.66. The van der Waals surface area contributed by atoms with E-state index in [1.807, 2.05) is 19.1 Å². The molecule has 0 atom stereocenters. The van der Waals surface area contributed by atoms with Gasteiger partial charge in [-0.1, -0.05) is 12.1 Å². The van der Waals surface area contributed by atoms with Gasteiger partial charge in [0.1, 0.15) is 11.6 Å². The molecule has 0 saturated heterocycles. The second-order valence-electron chi connectivity index (χ2n) is 4.97. The number of aromatic nitrogens is 2. The van der Waals surface area contributed by atoms with Crippen molar-refractivity contribution >= 4 is 17.2 Å². The number of nitrogens with zero attached hydrogens (tertiary/aromatic N) is 2. The molecule has 0 spiro atoms. The van der Waals surface area contributed by atoms with Crippen LogP contribution in [0.5, 0.6) is 0 Å². The third-order valence-corrected chi connectivity index (χ3v) is 4.31. The predicted molar refractivity (Wildman–Crippen MR) is 87.7 cm³/mol. The maximum Gasteiger partial charge on any atom is 0.261 e. The van der Waals surface area contributed by atoms with Gasteiger partial charge in [-0.3, -0.25) is 4.79 Å². The molecule has 0 unspecified atom stereocenters. The van der Waals surface area contributed by atoms with Crippen LogP contribution in [0.3, 0.4) is 0 Å². The van der Waals surface area contributed by atoms with Crippen LogP contribution in [0.2, 0.25) is 0 Å². The maximum atomic E-state index is 13.1. The molecule has 1 N–H and O–H groups in total. The van der Waals surface area contributed by atoms with Gasteiger partial charge in [0.2, 0.25) is 0 Å². The van der Waals surface area contributed by atoms with Crippen molar-refractivity contribution in [2.75, 3.05) is 0 Å². The Bertz CT molecular complexity index is 847. The lowest BCUT2D eigenvalue weighted by atomic mass is 10.2. The largest absolute Gasteiger partial charge is 0.347 e. The summed E-state index contributed by atoms with van der Waals surface area (Å²) in [6, 6.07) is 11.6. The van der Waals surface area contributed by atoms with Crippen LogP contribution in [0.25, 0.3) is 10.6 Å². The zero-order valence-corrected chi connectivity index (χ0v) is 13.2. The Hall–Kier alpha value is -2.60. The Morgan fingerprint density at radius 3 is 2.91 bits per heavy atom. The van der Waals surface area contributed by atoms with E-state index in [1.165, 1.54) is 23.5 Å². The van der Waals surface area contributed by atoms with Crippen LogP contribution in [-0.4, -0.2) is 15.9 Å². The summed E-state index contributed by atoms with van der Waals surface area (Å²) in [5.74, 6) is 0.193. The minimum absolute atomic E-state index is 0.184. The van der Waals surface area contributed by atoms with E-state index in [1.54, 1.807) is 24.4 Å². The molecule has 1 amide bonds. The highest BCUT2D eigenvalue weighted by Gasteiger charge is 2.11. The van der Waals surface area contributed by atoms with Crippen molar-refractivity contribution in [3.8, 4) is 10.6 Å². The average Bonchev–Trinajstić information content (AvgIpc) is 3.03. The summed E-state index contributed by atoms with van der Waals surface area (Å²) in [7, 11) is 0. The molecule has 0 aliphatic rings. The average molecular weight is 327 g/mol. The predicted octanol–water partition coefficient (Wildman–Crippen LogP) is 3.58. The van der Waals surface area contributed by atoms with Gasteiger partial charge in [0, 0.05) is 12.7 Å². The molecule has 116 valence electrons. The third-order valence-electron chi connectivity index (χ3n) is 3.20. The van der Waals surface area contributed by atoms with Crippen LogP contribution < -0.4 is 5.32 Å². The number of halogens is 1. The lowest BCUT2D eigenvalue weighted by Gasteiger charge is -2.03. The summed E-state index contributed by atoms with van der Waals surface area (Å²) in [4.78, 5) is 22.1. The van der Waals surface area contributed by atoms with Crippen molar-refractivity contribution in [3.05, 3.63) is 70.7 Å². The first-order chi connectivity index (χ1) is 11.1. The molecular formula is C17H14FN3OS. The first-order valence-corrected chi connectivity index (χ1v) is 7.86. The number of benzene rings is 1. The van der Waals surface area contributed by atoms with Crippen LogP contribution in [0.4, 0.5) is 4.39 Å². The standard InChI is InChI=1S/C17H14FN3OS/c1-11-19-8-7-14(21-11)15-5-6-16(23-15)17(22)20-10-12-3-2-4-13(18)9-12/h2-9H,10H2,1H3,(H,20,22). The van der Waals surface area contributed by atoms with Gasteiger partial charge in [-0.15, -0.1) is 11.3 Å². The molecule has 3 rings (SSSR count). The summed E-state index contributed by atoms with van der Waals surface area (Å²) < 4.78 is 13.1. The Morgan fingerprint density at radius 1 is 1.26 bits per heavy atom. The fourth-order valence-electron chi connectivity index (χ4n) is 2.11. The molecule has 2 aromatic heterocycles. The highest BCUT2D eigenvalue weighted by molar-refractivity contribution is 7.17. The maximum absolute atomic E-state index is 13.1. The summed E-state index contributed by atoms with van der Waals surface area (Å²) in [5.41, 5.74) is 1.52. The number of rotatable bonds is 4. The molecule has 0 aliphatic carbocycles. The van der Waals surface area contributed by atoms with E-state index in [0.717, 1.165) is 16.1 Å². The van der Waals surface area contributed by atoms with Crippen molar-refractivity contribution in [2.24, 2.45) is 0 Å². The van der Waals surface area contributed by atoms with E-state index in [2.05, 4.69) is 15.3 Å². The molecule has 6 heteroatoms. The normalized spacial score (nSPS) is 10.5. The molecule has 23 heavy (non-hydrogen) atoms. The Labute approximate surface area is 137 Å². The van der Waals surface area contributed by atoms with E-state index in [0.29, 0.717) is 10.7 Å². The lowest BCUT2D eigenvalue weighted by molar-refractivity contribution is 0.0955. The zero-order valence-electron chi connectivity index (χ0n) is 12.4. The smallest absolute Gasteiger partial charge is 0.261 e. The second-order valence-corrected chi connectivity index (χ2v) is 6.05. The molecule has 0 fully saturated rings. The van der Waals surface area contributed by atoms with E-state index in [4.69, 9.17) is 0 Å². The van der Waals surface area contributed by atoms with E-state index in [-0.39, 0.29) is 18.3 Å². The molecule has 0 bridgehead atoms. The number of aryl methyl sites for hydroxylation is 1. The van der Waals surface area contributed by atoms with Gasteiger partial charge in [-0.2, -0.15) is 0 Å². The van der Waals surface area contributed by atoms with Crippen molar-refractivity contribution in [1.82, 2.24) is 15.3 Å². The summed E-state index contributed by atoms with van der Waals surface area (Å²) in [6.07, 6.45) is 1.70. The summed E-state index contributed by atoms with van der Waals surface area (Å²) in [5, 5.41) is 2.79. The summed E-state index contributed by atoms with van der Waals surface area (Å²) >= 11 is 1.36. The first kappa shape index (κ1) is 15.3. The van der Waals surface area contributed by atoms with Crippen LogP contribution >= 0.6 is 11.3 Å². The van der Waals surface area contributed by atoms with Crippen LogP contribution in [0.15, 0.2) is 48.7 Å². The van der Waals surface area contributed by atoms with Crippen molar-refractivity contribution in [3.63, 3.8) is 0 Å². The van der Waals surface area contributed by atoms with E-state index < -0.39 is 0 Å². The number of carbonyl (C=O) groups is 1. The van der Waals surface area contributed by atoms with Gasteiger partial charge < -0.3 is 5.32 Å². The van der Waals surface area contributed by atoms with Crippen LogP contribution in [0, 0.1) is 12.7 Å². The fourth-order valence-corrected chi connectivity index (χ4v) is 3.00. The minimum atomic E-state index is -0.311. The molecule has 0 radical (unpaired) electrons. The van der Waals surface area contributed by atoms with Crippen molar-refractivity contribution < 1.29 is 9.18 Å². The Morgan fingerprint density at radius 2 is 2.13 bits per heavy atom. The van der Waals surface area contributed by atoms with Crippen molar-refractivity contribution in [1.29, 1.82) is 0 Å². The quantitative estimate of drug-likeness (QED) is 0.797. The minimum Gasteiger partial charge on any atom is -0.347 e.